The summed E-state index contributed by atoms with van der Waals surface area (Å²) in [4.78, 5) is 11.1. The molecule has 0 radical (unpaired) electrons. The van der Waals surface area contributed by atoms with Crippen LogP contribution in [0.1, 0.15) is 103 Å². The second-order valence-electron chi connectivity index (χ2n) is 33.7. The number of hydrogen-bond donors (Lipinski definition) is 0. The number of anilines is 12. The van der Waals surface area contributed by atoms with Crippen LogP contribution < -0.4 is 52.4 Å². The van der Waals surface area contributed by atoms with Crippen LogP contribution in [0.25, 0.3) is 66.8 Å². The van der Waals surface area contributed by atoms with E-state index in [9.17, 15) is 0 Å². The normalized spacial score (nSPS) is 13.8. The molecule has 0 bridgehead atoms. The van der Waals surface area contributed by atoms with Gasteiger partial charge in [-0.1, -0.05) is 97.1 Å². The molecular formula is C98H84B2N4Se. The molecule has 4 nitrogen and oxygen atoms in total. The second kappa shape index (κ2) is 23.9. The Labute approximate surface area is 626 Å². The van der Waals surface area contributed by atoms with Crippen molar-refractivity contribution in [3.8, 4) is 66.8 Å². The zero-order valence-electron chi connectivity index (χ0n) is 62.1. The zero-order chi connectivity index (χ0) is 71.7. The minimum atomic E-state index is -0.246. The van der Waals surface area contributed by atoms with Crippen LogP contribution in [0.2, 0.25) is 0 Å². The Hall–Kier alpha value is -10.8. The summed E-state index contributed by atoms with van der Waals surface area (Å²) >= 11 is -0.0340. The summed E-state index contributed by atoms with van der Waals surface area (Å²) in [7, 11) is 0. The quantitative estimate of drug-likeness (QED) is 0.141. The molecule has 5 aliphatic rings. The van der Waals surface area contributed by atoms with Gasteiger partial charge in [0.05, 0.1) is 0 Å². The van der Waals surface area contributed by atoms with E-state index in [1.54, 1.807) is 0 Å². The Bertz CT molecular complexity index is 5730. The van der Waals surface area contributed by atoms with Gasteiger partial charge < -0.3 is 0 Å². The first kappa shape index (κ1) is 65.0. The Morgan fingerprint density at radius 1 is 0.219 bits per heavy atom. The van der Waals surface area contributed by atoms with E-state index < -0.39 is 0 Å². The van der Waals surface area contributed by atoms with Crippen molar-refractivity contribution in [2.24, 2.45) is 0 Å². The molecule has 0 N–H and O–H groups in total. The first-order valence-electron chi connectivity index (χ1n) is 37.4. The third-order valence-electron chi connectivity index (χ3n) is 22.7. The molecular weight excluding hydrogens is 1330 g/mol. The molecule has 5 aliphatic heterocycles. The molecule has 7 heteroatoms. The maximum absolute atomic E-state index is 2.89. The fraction of sp³-hybridized carbons (Fsp3) is 0.163. The van der Waals surface area contributed by atoms with Gasteiger partial charge in [-0.25, -0.2) is 0 Å². The van der Waals surface area contributed by atoms with Gasteiger partial charge in [0.25, 0.3) is 0 Å². The van der Waals surface area contributed by atoms with Crippen molar-refractivity contribution in [3.05, 3.63) is 311 Å². The van der Waals surface area contributed by atoms with E-state index in [0.29, 0.717) is 0 Å². The predicted molar refractivity (Wildman–Crippen MR) is 452 cm³/mol. The van der Waals surface area contributed by atoms with Crippen molar-refractivity contribution >= 4 is 129 Å². The Morgan fingerprint density at radius 2 is 0.524 bits per heavy atom. The molecule has 0 saturated heterocycles. The second-order valence-corrected chi connectivity index (χ2v) is 35.9. The van der Waals surface area contributed by atoms with E-state index >= 15 is 0 Å². The predicted octanol–water partition coefficient (Wildman–Crippen LogP) is 22.4. The molecule has 105 heavy (non-hydrogen) atoms. The fourth-order valence-electron chi connectivity index (χ4n) is 17.6. The number of hydrogen-bond acceptors (Lipinski definition) is 4. The molecule has 13 aromatic carbocycles. The number of fused-ring (bicyclic) bond motifs is 11. The van der Waals surface area contributed by atoms with E-state index in [4.69, 9.17) is 0 Å². The van der Waals surface area contributed by atoms with Gasteiger partial charge in [-0.15, -0.1) is 0 Å². The first-order chi connectivity index (χ1) is 50.6. The third-order valence-corrected chi connectivity index (χ3v) is 26.9. The first-order valence-corrected chi connectivity index (χ1v) is 39.2. The standard InChI is InChI=1S/C98H84B2N4Se/c1-95(2,3)73-57-83-88-86(60-73)104-90-79(100(88)80-55-67(61-31-19-13-20-32-61)44-48-81(80)101(83)75-51-69(63-35-23-15-24-36-63)49-70(52-75)64-37-25-16-26-38-64)47-46-78-89(90)103(91-92(104)94(98(10,11)12)105-93(91)97(7,8)9)85-59-74(96(4,5)6)58-84-87(85)99(78)77-45-43-68(62-33-21-14-22-34-62)56-82(77)102(84)76-53-71(65-39-27-17-28-40-65)50-72(54-76)66-41-29-18-30-42-66/h13-60H,1-12H3. The van der Waals surface area contributed by atoms with Crippen LogP contribution in [-0.4, -0.2) is 27.9 Å². The number of nitrogens with zero attached hydrogens (tertiary/aromatic N) is 4. The Balaban J connectivity index is 0.950. The summed E-state index contributed by atoms with van der Waals surface area (Å²) in [6, 6.07) is 111. The van der Waals surface area contributed by atoms with Gasteiger partial charge in [0.2, 0.25) is 0 Å². The molecule has 19 rings (SSSR count). The van der Waals surface area contributed by atoms with Crippen molar-refractivity contribution in [2.75, 3.05) is 19.6 Å². The molecule has 0 atom stereocenters. The minimum absolute atomic E-state index is 0.0340. The average Bonchev–Trinajstić information content (AvgIpc) is 1.65. The van der Waals surface area contributed by atoms with E-state index in [1.807, 2.05) is 0 Å². The van der Waals surface area contributed by atoms with Crippen LogP contribution in [-0.2, 0) is 21.7 Å². The molecule has 0 amide bonds. The molecule has 0 aliphatic carbocycles. The molecule has 1 aromatic heterocycles. The topological polar surface area (TPSA) is 13.0 Å². The van der Waals surface area contributed by atoms with E-state index in [0.717, 1.165) is 11.4 Å². The van der Waals surface area contributed by atoms with Gasteiger partial charge in [0, 0.05) is 0 Å². The summed E-state index contributed by atoms with van der Waals surface area (Å²) in [5, 5.41) is 0. The van der Waals surface area contributed by atoms with Gasteiger partial charge in [-0.05, 0) is 0 Å². The van der Waals surface area contributed by atoms with Gasteiger partial charge >= 0.3 is 534 Å². The van der Waals surface area contributed by atoms with Crippen LogP contribution in [0.3, 0.4) is 0 Å². The van der Waals surface area contributed by atoms with Crippen LogP contribution in [0.4, 0.5) is 68.2 Å². The summed E-state index contributed by atoms with van der Waals surface area (Å²) < 4.78 is 3.06. The van der Waals surface area contributed by atoms with Crippen molar-refractivity contribution in [1.29, 1.82) is 0 Å². The monoisotopic (exact) mass is 1420 g/mol. The van der Waals surface area contributed by atoms with Crippen molar-refractivity contribution < 1.29 is 0 Å². The van der Waals surface area contributed by atoms with Gasteiger partial charge in [0.15, 0.2) is 0 Å². The van der Waals surface area contributed by atoms with Crippen molar-refractivity contribution in [3.63, 3.8) is 0 Å². The Kier molecular flexibility index (Phi) is 14.8. The number of rotatable bonds is 8. The third kappa shape index (κ3) is 10.5. The van der Waals surface area contributed by atoms with Crippen molar-refractivity contribution in [1.82, 2.24) is 0 Å². The van der Waals surface area contributed by atoms with E-state index in [1.165, 1.54) is 176 Å². The van der Waals surface area contributed by atoms with Gasteiger partial charge in [-0.3, -0.25) is 0 Å². The summed E-state index contributed by atoms with van der Waals surface area (Å²) in [6.45, 7) is 29.2. The van der Waals surface area contributed by atoms with Crippen molar-refractivity contribution in [2.45, 2.75) is 105 Å². The van der Waals surface area contributed by atoms with Gasteiger partial charge in [0.1, 0.15) is 0 Å². The Morgan fingerprint density at radius 3 is 0.876 bits per heavy atom. The molecule has 0 fully saturated rings. The summed E-state index contributed by atoms with van der Waals surface area (Å²) in [6.07, 6.45) is 0. The molecule has 0 spiro atoms. The van der Waals surface area contributed by atoms with E-state index in [-0.39, 0.29) is 49.6 Å². The molecule has 14 aromatic rings. The zero-order valence-corrected chi connectivity index (χ0v) is 63.8. The molecule has 0 unspecified atom stereocenters. The van der Waals surface area contributed by atoms with Crippen LogP contribution in [0, 0.1) is 0 Å². The average molecular weight is 1420 g/mol. The van der Waals surface area contributed by atoms with Crippen LogP contribution >= 0.6 is 0 Å². The molecule has 508 valence electrons. The van der Waals surface area contributed by atoms with E-state index in [2.05, 4.69) is 394 Å². The molecule has 0 saturated carbocycles. The fourth-order valence-corrected chi connectivity index (χ4v) is 20.5. The summed E-state index contributed by atoms with van der Waals surface area (Å²) in [5.74, 6) is 0. The SMILES string of the molecule is CC(C)(C)c1cc2c3c(c1)N1c4c(ccc5c4N(c4cc(C(C)(C)C)cc6c4B5c4ccc(-c5ccccc5)cc4N6c4cc(-c5ccccc5)cc(-c5ccccc5)c4)c4c(C(C)(C)C)[se]c(C(C)(C)C)c41)B3c1cc(-c3ccccc3)ccc1N2c1cc(-c2ccccc2)cc(-c2ccccc2)c1. The summed E-state index contributed by atoms with van der Waals surface area (Å²) in [5.41, 5.74) is 38.9. The number of benzene rings is 13. The van der Waals surface area contributed by atoms with Gasteiger partial charge in [-0.2, -0.15) is 0 Å². The molecule has 6 heterocycles. The van der Waals surface area contributed by atoms with Crippen LogP contribution in [0.5, 0.6) is 0 Å². The van der Waals surface area contributed by atoms with Crippen LogP contribution in [0.15, 0.2) is 291 Å². The maximum atomic E-state index is 2.89.